The fourth-order valence-corrected chi connectivity index (χ4v) is 7.90. The van der Waals surface area contributed by atoms with E-state index in [0.29, 0.717) is 24.2 Å². The highest BCUT2D eigenvalue weighted by Gasteiger charge is 2.44. The Bertz CT molecular complexity index is 1850. The van der Waals surface area contributed by atoms with E-state index in [4.69, 9.17) is 18.9 Å². The monoisotopic (exact) mass is 916 g/mol. The average Bonchev–Trinajstić information content (AvgIpc) is 3.72. The van der Waals surface area contributed by atoms with Crippen LogP contribution >= 0.6 is 0 Å². The number of hydrogen-bond acceptors (Lipinski definition) is 13. The van der Waals surface area contributed by atoms with Crippen molar-refractivity contribution in [1.29, 1.82) is 0 Å². The molecule has 0 aliphatic carbocycles. The molecule has 1 unspecified atom stereocenters. The van der Waals surface area contributed by atoms with Gasteiger partial charge in [0.05, 0.1) is 31.6 Å². The lowest BCUT2D eigenvalue weighted by molar-refractivity contribution is -0.162. The number of esters is 2. The molecule has 2 fully saturated rings. The lowest BCUT2D eigenvalue weighted by Gasteiger charge is -2.35. The van der Waals surface area contributed by atoms with Gasteiger partial charge < -0.3 is 49.8 Å². The maximum absolute atomic E-state index is 14.6. The number of amides is 5. The van der Waals surface area contributed by atoms with Gasteiger partial charge in [0.2, 0.25) is 23.6 Å². The first-order valence-corrected chi connectivity index (χ1v) is 22.7. The summed E-state index contributed by atoms with van der Waals surface area (Å²) in [5.74, 6) is -7.44. The minimum absolute atomic E-state index is 0.0670. The van der Waals surface area contributed by atoms with Gasteiger partial charge in [0.15, 0.2) is 11.9 Å². The number of benzene rings is 1. The standard InChI is InChI=1S/C47H73N5O13/c1-14-27(6)37-35(53)24-36(54)64-40(26(4)5)39(55)28(7)41(56)48-32(22-25(2)3)43(58)52-21-15-16-33(52)44(59)51(12)34(23-30-17-19-31(62-13)20-18-30)45(60)63-29(8)38(42(57)49-37)50-46(61)65-47(9,10)11/h17-20,25-29,32-35,37-38,40,53H,14-16,21-24H2,1-13H3,(H,48,56)(H,49,57)(H,50,61)/t27-,28?,29+,32-,33-,34-,35-,37+,38-,40-/m0/s1. The first-order chi connectivity index (χ1) is 30.3. The third kappa shape index (κ3) is 15.1. The van der Waals surface area contributed by atoms with E-state index < -0.39 is 126 Å². The quantitative estimate of drug-likeness (QED) is 0.158. The molecule has 0 radical (unpaired) electrons. The summed E-state index contributed by atoms with van der Waals surface area (Å²) in [5.41, 5.74) is -0.377. The van der Waals surface area contributed by atoms with Crippen LogP contribution in [0, 0.1) is 23.7 Å². The number of alkyl carbamates (subject to hydrolysis) is 1. The minimum Gasteiger partial charge on any atom is -0.497 e. The fourth-order valence-electron chi connectivity index (χ4n) is 7.90. The number of likely N-dealkylation sites (N-methyl/N-ethyl adjacent to an activating group) is 1. The van der Waals surface area contributed by atoms with Crippen molar-refractivity contribution in [2.45, 2.75) is 169 Å². The highest BCUT2D eigenvalue weighted by molar-refractivity contribution is 6.05. The third-order valence-corrected chi connectivity index (χ3v) is 11.9. The minimum atomic E-state index is -1.63. The first-order valence-electron chi connectivity index (χ1n) is 22.7. The van der Waals surface area contributed by atoms with Gasteiger partial charge in [-0.1, -0.05) is 60.1 Å². The van der Waals surface area contributed by atoms with Gasteiger partial charge in [-0.05, 0) is 89.3 Å². The van der Waals surface area contributed by atoms with Crippen molar-refractivity contribution in [3.8, 4) is 5.75 Å². The van der Waals surface area contributed by atoms with Gasteiger partial charge in [0.25, 0.3) is 0 Å². The van der Waals surface area contributed by atoms with E-state index in [1.807, 2.05) is 13.8 Å². The topological polar surface area (TPSA) is 236 Å². The number of aliphatic hydroxyl groups excluding tert-OH is 1. The number of ether oxygens (including phenoxy) is 4. The molecule has 1 aromatic rings. The number of aliphatic hydroxyl groups is 1. The molecule has 18 heteroatoms. The zero-order chi connectivity index (χ0) is 49.1. The zero-order valence-electron chi connectivity index (χ0n) is 40.4. The molecule has 0 spiro atoms. The van der Waals surface area contributed by atoms with Crippen molar-refractivity contribution in [1.82, 2.24) is 25.8 Å². The number of carbonyl (C=O) groups excluding carboxylic acids is 8. The van der Waals surface area contributed by atoms with Crippen LogP contribution < -0.4 is 20.7 Å². The Balaban J connectivity index is 2.21. The van der Waals surface area contributed by atoms with E-state index in [9.17, 15) is 43.5 Å². The first kappa shape index (κ1) is 54.1. The lowest BCUT2D eigenvalue weighted by atomic mass is 9.91. The summed E-state index contributed by atoms with van der Waals surface area (Å²) in [7, 11) is 2.92. The fraction of sp³-hybridized carbons (Fsp3) is 0.702. The van der Waals surface area contributed by atoms with Crippen LogP contribution in [0.2, 0.25) is 0 Å². The van der Waals surface area contributed by atoms with Gasteiger partial charge in [0.1, 0.15) is 41.6 Å². The number of ketones is 1. The molecule has 0 bridgehead atoms. The molecule has 0 saturated carbocycles. The number of rotatable bonds is 9. The molecule has 1 aromatic carbocycles. The van der Waals surface area contributed by atoms with Crippen molar-refractivity contribution in [2.24, 2.45) is 23.7 Å². The lowest BCUT2D eigenvalue weighted by Crippen LogP contribution is -2.60. The van der Waals surface area contributed by atoms with Crippen LogP contribution in [0.1, 0.15) is 114 Å². The SMILES string of the molecule is CC[C@H](C)[C@H]1NC(=O)[C@@H](NC(=O)OC(C)(C)C)[C@@H](C)OC(=O)[C@H](Cc2ccc(OC)cc2)N(C)C(=O)[C@@H]2CCCN2C(=O)[C@H](CC(C)C)NC(=O)C(C)C(=O)[C@H](C(C)C)OC(=O)C[C@@H]1O. The van der Waals surface area contributed by atoms with Gasteiger partial charge >= 0.3 is 18.0 Å². The van der Waals surface area contributed by atoms with Crippen LogP contribution in [-0.4, -0.2) is 137 Å². The zero-order valence-corrected chi connectivity index (χ0v) is 40.4. The highest BCUT2D eigenvalue weighted by atomic mass is 16.6. The smallest absolute Gasteiger partial charge is 0.408 e. The molecule has 2 aliphatic rings. The molecule has 2 heterocycles. The molecule has 3 rings (SSSR count). The number of methoxy groups -OCH3 is 1. The van der Waals surface area contributed by atoms with E-state index in [0.717, 1.165) is 0 Å². The van der Waals surface area contributed by atoms with Crippen LogP contribution in [0.15, 0.2) is 24.3 Å². The van der Waals surface area contributed by atoms with Crippen molar-refractivity contribution < 1.29 is 62.4 Å². The second kappa shape index (κ2) is 23.8. The maximum atomic E-state index is 14.6. The van der Waals surface area contributed by atoms with Gasteiger partial charge in [0, 0.05) is 20.0 Å². The normalized spacial score (nSPS) is 27.9. The molecule has 364 valence electrons. The van der Waals surface area contributed by atoms with E-state index in [2.05, 4.69) is 16.0 Å². The van der Waals surface area contributed by atoms with Gasteiger partial charge in [-0.2, -0.15) is 0 Å². The predicted molar refractivity (Wildman–Crippen MR) is 239 cm³/mol. The Kier molecular flexibility index (Phi) is 19.8. The summed E-state index contributed by atoms with van der Waals surface area (Å²) in [5, 5.41) is 19.5. The molecular weight excluding hydrogens is 843 g/mol. The maximum Gasteiger partial charge on any atom is 0.408 e. The van der Waals surface area contributed by atoms with Crippen LogP contribution in [0.3, 0.4) is 0 Å². The summed E-state index contributed by atoms with van der Waals surface area (Å²) in [4.78, 5) is 115. The summed E-state index contributed by atoms with van der Waals surface area (Å²) in [6.07, 6.45) is -4.87. The van der Waals surface area contributed by atoms with Gasteiger partial charge in [-0.3, -0.25) is 28.8 Å². The molecule has 10 atom stereocenters. The Labute approximate surface area is 383 Å². The van der Waals surface area contributed by atoms with Crippen LogP contribution in [0.4, 0.5) is 4.79 Å². The van der Waals surface area contributed by atoms with Crippen LogP contribution in [0.5, 0.6) is 5.75 Å². The largest absolute Gasteiger partial charge is 0.497 e. The van der Waals surface area contributed by atoms with Crippen molar-refractivity contribution in [2.75, 3.05) is 20.7 Å². The Morgan fingerprint density at radius 2 is 1.57 bits per heavy atom. The second-order valence-corrected chi connectivity index (χ2v) is 19.1. The van der Waals surface area contributed by atoms with E-state index in [1.54, 1.807) is 72.7 Å². The second-order valence-electron chi connectivity index (χ2n) is 19.1. The Hall–Kier alpha value is -5.26. The van der Waals surface area contributed by atoms with Gasteiger partial charge in [-0.15, -0.1) is 0 Å². The molecule has 2 aliphatic heterocycles. The summed E-state index contributed by atoms with van der Waals surface area (Å²) < 4.78 is 22.4. The summed E-state index contributed by atoms with van der Waals surface area (Å²) in [6.45, 7) is 18.3. The Morgan fingerprint density at radius 3 is 2.12 bits per heavy atom. The third-order valence-electron chi connectivity index (χ3n) is 11.9. The summed E-state index contributed by atoms with van der Waals surface area (Å²) >= 11 is 0. The number of Topliss-reactive ketones (excluding diaryl/α,β-unsaturated/α-hetero) is 1. The van der Waals surface area contributed by atoms with E-state index >= 15 is 0 Å². The Morgan fingerprint density at radius 1 is 0.938 bits per heavy atom. The van der Waals surface area contributed by atoms with Crippen LogP contribution in [0.25, 0.3) is 0 Å². The van der Waals surface area contributed by atoms with E-state index in [1.165, 1.54) is 37.8 Å². The molecule has 18 nitrogen and oxygen atoms in total. The van der Waals surface area contributed by atoms with Crippen molar-refractivity contribution in [3.63, 3.8) is 0 Å². The molecule has 5 amide bonds. The molecule has 0 aromatic heterocycles. The number of cyclic esters (lactones) is 2. The highest BCUT2D eigenvalue weighted by Crippen LogP contribution is 2.26. The number of nitrogens with one attached hydrogen (secondary N) is 3. The number of hydrogen-bond donors (Lipinski definition) is 4. The predicted octanol–water partition coefficient (Wildman–Crippen LogP) is 3.48. The molecule has 2 saturated heterocycles. The average molecular weight is 916 g/mol. The summed E-state index contributed by atoms with van der Waals surface area (Å²) in [6, 6.07) is 0.566. The number of carbonyl (C=O) groups is 8. The van der Waals surface area contributed by atoms with Gasteiger partial charge in [-0.25, -0.2) is 9.59 Å². The van der Waals surface area contributed by atoms with E-state index in [-0.39, 0.29) is 31.7 Å². The van der Waals surface area contributed by atoms with Crippen LogP contribution in [-0.2, 0) is 54.2 Å². The molecule has 65 heavy (non-hydrogen) atoms. The molecular formula is C47H73N5O13. The molecule has 4 N–H and O–H groups in total. The van der Waals surface area contributed by atoms with Crippen molar-refractivity contribution in [3.05, 3.63) is 29.8 Å². The van der Waals surface area contributed by atoms with Crippen molar-refractivity contribution >= 4 is 47.4 Å². The number of nitrogens with zero attached hydrogens (tertiary/aromatic N) is 2. The number of fused-ring (bicyclic) bond motifs is 1.